The van der Waals surface area contributed by atoms with Gasteiger partial charge in [-0.3, -0.25) is 4.79 Å². The number of Topliss-reactive ketones (excluding diaryl/α,β-unsaturated/α-hetero) is 1. The zero-order valence-corrected chi connectivity index (χ0v) is 14.8. The molecule has 0 saturated carbocycles. The maximum Gasteiger partial charge on any atom is 0.168 e. The highest BCUT2D eigenvalue weighted by Gasteiger charge is 2.26. The van der Waals surface area contributed by atoms with Crippen LogP contribution in [0.15, 0.2) is 84.9 Å². The molecule has 0 bridgehead atoms. The van der Waals surface area contributed by atoms with E-state index < -0.39 is 0 Å². The highest BCUT2D eigenvalue weighted by atomic mass is 35.5. The van der Waals surface area contributed by atoms with E-state index in [4.69, 9.17) is 11.6 Å². The Bertz CT molecular complexity index is 816. The molecule has 126 valence electrons. The molecule has 3 heteroatoms. The van der Waals surface area contributed by atoms with Gasteiger partial charge in [0.1, 0.15) is 0 Å². The van der Waals surface area contributed by atoms with Crippen LogP contribution in [0.1, 0.15) is 28.9 Å². The van der Waals surface area contributed by atoms with Crippen molar-refractivity contribution < 1.29 is 4.79 Å². The number of carbonyl (C=O) groups is 1. The molecule has 0 heterocycles. The van der Waals surface area contributed by atoms with Crippen molar-refractivity contribution >= 4 is 23.1 Å². The third-order valence-electron chi connectivity index (χ3n) is 4.30. The fourth-order valence-electron chi connectivity index (χ4n) is 2.90. The molecular weight excluding hydrogens is 330 g/mol. The second-order valence-electron chi connectivity index (χ2n) is 6.06. The molecule has 0 fully saturated rings. The van der Waals surface area contributed by atoms with Gasteiger partial charge in [-0.2, -0.15) is 0 Å². The smallest absolute Gasteiger partial charge is 0.168 e. The SMILES string of the molecule is CC(C(=O)c1ccccc1)C(Nc1ccc(Cl)cc1)c1ccccc1. The van der Waals surface area contributed by atoms with Crippen LogP contribution < -0.4 is 5.32 Å². The quantitative estimate of drug-likeness (QED) is 0.552. The summed E-state index contributed by atoms with van der Waals surface area (Å²) in [7, 11) is 0. The van der Waals surface area contributed by atoms with Gasteiger partial charge >= 0.3 is 0 Å². The van der Waals surface area contributed by atoms with Gasteiger partial charge in [-0.05, 0) is 29.8 Å². The summed E-state index contributed by atoms with van der Waals surface area (Å²) < 4.78 is 0. The normalized spacial score (nSPS) is 13.0. The molecule has 0 aromatic heterocycles. The fraction of sp³-hybridized carbons (Fsp3) is 0.136. The van der Waals surface area contributed by atoms with E-state index >= 15 is 0 Å². The van der Waals surface area contributed by atoms with Gasteiger partial charge < -0.3 is 5.32 Å². The molecule has 0 aliphatic rings. The summed E-state index contributed by atoms with van der Waals surface area (Å²) in [5.74, 6) is -0.101. The van der Waals surface area contributed by atoms with Crippen molar-refractivity contribution in [3.63, 3.8) is 0 Å². The molecule has 0 aliphatic carbocycles. The molecule has 1 N–H and O–H groups in total. The number of benzene rings is 3. The van der Waals surface area contributed by atoms with Crippen molar-refractivity contribution in [1.82, 2.24) is 0 Å². The lowest BCUT2D eigenvalue weighted by molar-refractivity contribution is 0.0917. The van der Waals surface area contributed by atoms with E-state index in [0.717, 1.165) is 16.8 Å². The van der Waals surface area contributed by atoms with E-state index in [1.807, 2.05) is 91.9 Å². The topological polar surface area (TPSA) is 29.1 Å². The first kappa shape index (κ1) is 17.2. The Morgan fingerprint density at radius 3 is 2.00 bits per heavy atom. The number of anilines is 1. The van der Waals surface area contributed by atoms with E-state index in [1.54, 1.807) is 0 Å². The first-order valence-corrected chi connectivity index (χ1v) is 8.69. The largest absolute Gasteiger partial charge is 0.378 e. The second kappa shape index (κ2) is 8.00. The summed E-state index contributed by atoms with van der Waals surface area (Å²) >= 11 is 5.98. The van der Waals surface area contributed by atoms with E-state index in [2.05, 4.69) is 5.32 Å². The number of hydrogen-bond donors (Lipinski definition) is 1. The monoisotopic (exact) mass is 349 g/mol. The minimum absolute atomic E-state index is 0.121. The first-order chi connectivity index (χ1) is 12.1. The van der Waals surface area contributed by atoms with Crippen LogP contribution in [0.5, 0.6) is 0 Å². The molecule has 0 spiro atoms. The predicted octanol–water partition coefficient (Wildman–Crippen LogP) is 6.01. The van der Waals surface area contributed by atoms with Crippen LogP contribution in [0.3, 0.4) is 0 Å². The zero-order valence-electron chi connectivity index (χ0n) is 14.0. The maximum atomic E-state index is 12.9. The van der Waals surface area contributed by atoms with Gasteiger partial charge in [0.25, 0.3) is 0 Å². The standard InChI is InChI=1S/C22H20ClNO/c1-16(22(25)18-10-6-3-7-11-18)21(17-8-4-2-5-9-17)24-20-14-12-19(23)13-15-20/h2-16,21,24H,1H3. The zero-order chi connectivity index (χ0) is 17.6. The average molecular weight is 350 g/mol. The molecule has 3 aromatic rings. The highest BCUT2D eigenvalue weighted by Crippen LogP contribution is 2.29. The van der Waals surface area contributed by atoms with Gasteiger partial charge in [-0.15, -0.1) is 0 Å². The molecule has 3 aromatic carbocycles. The van der Waals surface area contributed by atoms with E-state index in [9.17, 15) is 4.79 Å². The van der Waals surface area contributed by atoms with Crippen LogP contribution in [0.25, 0.3) is 0 Å². The van der Waals surface area contributed by atoms with Crippen LogP contribution in [0, 0.1) is 5.92 Å². The maximum absolute atomic E-state index is 12.9. The summed E-state index contributed by atoms with van der Waals surface area (Å²) in [6.07, 6.45) is 0. The minimum Gasteiger partial charge on any atom is -0.378 e. The number of carbonyl (C=O) groups excluding carboxylic acids is 1. The second-order valence-corrected chi connectivity index (χ2v) is 6.49. The van der Waals surface area contributed by atoms with E-state index in [-0.39, 0.29) is 17.7 Å². The lowest BCUT2D eigenvalue weighted by Crippen LogP contribution is -2.25. The van der Waals surface area contributed by atoms with Crippen LogP contribution in [0.2, 0.25) is 5.02 Å². The Hall–Kier alpha value is -2.58. The van der Waals surface area contributed by atoms with E-state index in [1.165, 1.54) is 0 Å². The minimum atomic E-state index is -0.222. The Labute approximate surface area is 153 Å². The van der Waals surface area contributed by atoms with Gasteiger partial charge in [0.15, 0.2) is 5.78 Å². The molecule has 3 rings (SSSR count). The third-order valence-corrected chi connectivity index (χ3v) is 4.55. The van der Waals surface area contributed by atoms with Crippen molar-refractivity contribution in [2.24, 2.45) is 5.92 Å². The lowest BCUT2D eigenvalue weighted by atomic mass is 9.88. The summed E-state index contributed by atoms with van der Waals surface area (Å²) in [5, 5.41) is 4.18. The highest BCUT2D eigenvalue weighted by molar-refractivity contribution is 6.30. The summed E-state index contributed by atoms with van der Waals surface area (Å²) in [6.45, 7) is 1.97. The molecule has 0 aliphatic heterocycles. The van der Waals surface area contributed by atoms with Gasteiger partial charge in [-0.1, -0.05) is 79.2 Å². The molecule has 2 atom stereocenters. The fourth-order valence-corrected chi connectivity index (χ4v) is 3.03. The van der Waals surface area contributed by atoms with Crippen LogP contribution in [0.4, 0.5) is 5.69 Å². The van der Waals surface area contributed by atoms with Gasteiger partial charge in [0.05, 0.1) is 6.04 Å². The Kier molecular flexibility index (Phi) is 5.52. The van der Waals surface area contributed by atoms with Crippen molar-refractivity contribution in [3.05, 3.63) is 101 Å². The van der Waals surface area contributed by atoms with Crippen molar-refractivity contribution in [1.29, 1.82) is 0 Å². The lowest BCUT2D eigenvalue weighted by Gasteiger charge is -2.26. The van der Waals surface area contributed by atoms with Crippen LogP contribution in [-0.2, 0) is 0 Å². The summed E-state index contributed by atoms with van der Waals surface area (Å²) in [5.41, 5.74) is 2.74. The number of ketones is 1. The molecule has 2 unspecified atom stereocenters. The number of hydrogen-bond acceptors (Lipinski definition) is 2. The first-order valence-electron chi connectivity index (χ1n) is 8.31. The molecular formula is C22H20ClNO. The summed E-state index contributed by atoms with van der Waals surface area (Å²) in [6, 6.07) is 26.9. The molecule has 2 nitrogen and oxygen atoms in total. The third kappa shape index (κ3) is 4.28. The van der Waals surface area contributed by atoms with Crippen molar-refractivity contribution in [2.75, 3.05) is 5.32 Å². The Morgan fingerprint density at radius 1 is 0.840 bits per heavy atom. The molecule has 0 saturated heterocycles. The number of rotatable bonds is 6. The Balaban J connectivity index is 1.90. The average Bonchev–Trinajstić information content (AvgIpc) is 2.68. The van der Waals surface area contributed by atoms with E-state index in [0.29, 0.717) is 5.02 Å². The summed E-state index contributed by atoms with van der Waals surface area (Å²) in [4.78, 5) is 12.9. The number of nitrogens with one attached hydrogen (secondary N) is 1. The van der Waals surface area contributed by atoms with Gasteiger partial charge in [0.2, 0.25) is 0 Å². The molecule has 0 radical (unpaired) electrons. The van der Waals surface area contributed by atoms with Crippen LogP contribution in [-0.4, -0.2) is 5.78 Å². The molecule has 25 heavy (non-hydrogen) atoms. The van der Waals surface area contributed by atoms with Crippen molar-refractivity contribution in [3.8, 4) is 0 Å². The van der Waals surface area contributed by atoms with Crippen LogP contribution >= 0.6 is 11.6 Å². The van der Waals surface area contributed by atoms with Crippen molar-refractivity contribution in [2.45, 2.75) is 13.0 Å². The van der Waals surface area contributed by atoms with Gasteiger partial charge in [-0.25, -0.2) is 0 Å². The predicted molar refractivity (Wildman–Crippen MR) is 104 cm³/mol. The molecule has 0 amide bonds. The van der Waals surface area contributed by atoms with Gasteiger partial charge in [0, 0.05) is 22.2 Å². The Morgan fingerprint density at radius 2 is 1.40 bits per heavy atom. The number of halogens is 1.